The molecule has 148 valence electrons. The molecule has 0 fully saturated rings. The van der Waals surface area contributed by atoms with Crippen molar-refractivity contribution in [3.63, 3.8) is 0 Å². The van der Waals surface area contributed by atoms with E-state index in [9.17, 15) is 18.0 Å². The summed E-state index contributed by atoms with van der Waals surface area (Å²) in [5.74, 6) is 0.142. The van der Waals surface area contributed by atoms with E-state index in [2.05, 4.69) is 5.32 Å². The number of carbonyl (C=O) groups excluding carboxylic acids is 1. The van der Waals surface area contributed by atoms with Crippen LogP contribution in [-0.2, 0) is 11.0 Å². The fourth-order valence-corrected chi connectivity index (χ4v) is 3.91. The Labute approximate surface area is 166 Å². The van der Waals surface area contributed by atoms with Crippen molar-refractivity contribution in [2.75, 3.05) is 6.54 Å². The van der Waals surface area contributed by atoms with Crippen LogP contribution in [0.4, 0.5) is 13.2 Å². The number of benzene rings is 2. The summed E-state index contributed by atoms with van der Waals surface area (Å²) in [6.07, 6.45) is -3.68. The van der Waals surface area contributed by atoms with Crippen LogP contribution < -0.4 is 5.32 Å². The molecule has 1 amide bonds. The zero-order valence-corrected chi connectivity index (χ0v) is 16.4. The van der Waals surface area contributed by atoms with Gasteiger partial charge in [-0.3, -0.25) is 4.79 Å². The first-order chi connectivity index (χ1) is 13.2. The minimum absolute atomic E-state index is 0.0269. The molecule has 1 atom stereocenters. The molecule has 0 saturated carbocycles. The van der Waals surface area contributed by atoms with Crippen molar-refractivity contribution in [2.24, 2.45) is 5.92 Å². The number of amides is 1. The van der Waals surface area contributed by atoms with Crippen LogP contribution in [0.25, 0.3) is 11.1 Å². The number of halogens is 3. The fraction of sp³-hybridized carbons (Fsp3) is 0.333. The summed E-state index contributed by atoms with van der Waals surface area (Å²) in [4.78, 5) is 13.2. The molecule has 2 aromatic carbocycles. The van der Waals surface area contributed by atoms with E-state index in [0.29, 0.717) is 17.9 Å². The van der Waals surface area contributed by atoms with Gasteiger partial charge in [-0.05, 0) is 47.7 Å². The second kappa shape index (κ2) is 9.65. The van der Waals surface area contributed by atoms with Crippen molar-refractivity contribution >= 4 is 17.7 Å². The second-order valence-corrected chi connectivity index (χ2v) is 7.99. The average Bonchev–Trinajstić information content (AvgIpc) is 2.65. The summed E-state index contributed by atoms with van der Waals surface area (Å²) < 4.78 is 38.0. The van der Waals surface area contributed by atoms with E-state index in [1.54, 1.807) is 0 Å². The molecule has 7 heteroatoms. The minimum Gasteiger partial charge on any atom is -0.342 e. The van der Waals surface area contributed by atoms with Gasteiger partial charge in [0.2, 0.25) is 5.91 Å². The van der Waals surface area contributed by atoms with E-state index in [4.69, 9.17) is 5.26 Å². The van der Waals surface area contributed by atoms with E-state index in [1.807, 2.05) is 44.2 Å². The fourth-order valence-electron chi connectivity index (χ4n) is 2.62. The quantitative estimate of drug-likeness (QED) is 0.487. The SMILES string of the molecule is CC(C)CC(Sc1ccc(-c2ccc(C(F)(F)F)cc2)cc1)C(=O)NCC#N. The van der Waals surface area contributed by atoms with Crippen molar-refractivity contribution in [2.45, 2.75) is 36.6 Å². The number of nitrogens with one attached hydrogen (secondary N) is 1. The lowest BCUT2D eigenvalue weighted by molar-refractivity contribution is -0.137. The third-order valence-corrected chi connectivity index (χ3v) is 5.23. The monoisotopic (exact) mass is 406 g/mol. The number of hydrogen-bond donors (Lipinski definition) is 1. The maximum absolute atomic E-state index is 12.7. The molecule has 0 saturated heterocycles. The minimum atomic E-state index is -4.35. The van der Waals surface area contributed by atoms with Gasteiger partial charge in [-0.1, -0.05) is 38.1 Å². The number of thioether (sulfide) groups is 1. The van der Waals surface area contributed by atoms with Gasteiger partial charge < -0.3 is 5.32 Å². The third-order valence-electron chi connectivity index (χ3n) is 4.00. The number of rotatable bonds is 7. The van der Waals surface area contributed by atoms with Gasteiger partial charge >= 0.3 is 6.18 Å². The first kappa shape index (κ1) is 21.8. The zero-order valence-electron chi connectivity index (χ0n) is 15.6. The molecule has 3 nitrogen and oxygen atoms in total. The van der Waals surface area contributed by atoms with Gasteiger partial charge in [0.05, 0.1) is 16.9 Å². The molecular weight excluding hydrogens is 385 g/mol. The molecule has 0 heterocycles. The third kappa shape index (κ3) is 6.31. The standard InChI is InChI=1S/C21H21F3N2OS/c1-14(2)13-19(20(27)26-12-11-25)28-18-9-5-16(6-10-18)15-3-7-17(8-4-15)21(22,23)24/h3-10,14,19H,12-13H2,1-2H3,(H,26,27). The summed E-state index contributed by atoms with van der Waals surface area (Å²) in [5, 5.41) is 10.9. The van der Waals surface area contributed by atoms with E-state index < -0.39 is 11.7 Å². The number of nitriles is 1. The van der Waals surface area contributed by atoms with Gasteiger partial charge in [0, 0.05) is 4.90 Å². The second-order valence-electron chi connectivity index (χ2n) is 6.71. The Morgan fingerprint density at radius 2 is 1.61 bits per heavy atom. The number of carbonyl (C=O) groups is 1. The number of hydrogen-bond acceptors (Lipinski definition) is 3. The summed E-state index contributed by atoms with van der Waals surface area (Å²) >= 11 is 1.42. The molecule has 0 aliphatic rings. The highest BCUT2D eigenvalue weighted by molar-refractivity contribution is 8.00. The van der Waals surface area contributed by atoms with E-state index in [-0.39, 0.29) is 17.7 Å². The van der Waals surface area contributed by atoms with Crippen LogP contribution >= 0.6 is 11.8 Å². The van der Waals surface area contributed by atoms with Crippen LogP contribution in [-0.4, -0.2) is 17.7 Å². The molecule has 0 radical (unpaired) electrons. The molecule has 1 N–H and O–H groups in total. The molecular formula is C21H21F3N2OS. The molecule has 0 aromatic heterocycles. The Hall–Kier alpha value is -2.46. The van der Waals surface area contributed by atoms with Crippen LogP contribution in [0.5, 0.6) is 0 Å². The molecule has 2 rings (SSSR count). The highest BCUT2D eigenvalue weighted by Crippen LogP contribution is 2.32. The smallest absolute Gasteiger partial charge is 0.342 e. The molecule has 0 bridgehead atoms. The lowest BCUT2D eigenvalue weighted by atomic mass is 10.0. The molecule has 0 aliphatic carbocycles. The van der Waals surface area contributed by atoms with E-state index in [1.165, 1.54) is 23.9 Å². The Morgan fingerprint density at radius 1 is 1.07 bits per heavy atom. The summed E-state index contributed by atoms with van der Waals surface area (Å²) in [7, 11) is 0. The normalized spacial score (nSPS) is 12.5. The van der Waals surface area contributed by atoms with Gasteiger partial charge in [-0.25, -0.2) is 0 Å². The van der Waals surface area contributed by atoms with Crippen LogP contribution in [0.1, 0.15) is 25.8 Å². The molecule has 1 unspecified atom stereocenters. The Kier molecular flexibility index (Phi) is 7.53. The lowest BCUT2D eigenvalue weighted by Gasteiger charge is -2.17. The largest absolute Gasteiger partial charge is 0.416 e. The van der Waals surface area contributed by atoms with Crippen molar-refractivity contribution in [1.29, 1.82) is 5.26 Å². The topological polar surface area (TPSA) is 52.9 Å². The van der Waals surface area contributed by atoms with Crippen LogP contribution in [0.2, 0.25) is 0 Å². The van der Waals surface area contributed by atoms with Crippen molar-refractivity contribution < 1.29 is 18.0 Å². The zero-order chi connectivity index (χ0) is 20.7. The molecule has 0 aliphatic heterocycles. The summed E-state index contributed by atoms with van der Waals surface area (Å²) in [6.45, 7) is 4.03. The predicted molar refractivity (Wildman–Crippen MR) is 105 cm³/mol. The van der Waals surface area contributed by atoms with E-state index in [0.717, 1.165) is 22.6 Å². The Balaban J connectivity index is 2.11. The lowest BCUT2D eigenvalue weighted by Crippen LogP contribution is -2.33. The van der Waals surface area contributed by atoms with Crippen LogP contribution in [0, 0.1) is 17.2 Å². The van der Waals surface area contributed by atoms with Gasteiger partial charge in [0.15, 0.2) is 0 Å². The maximum atomic E-state index is 12.7. The summed E-state index contributed by atoms with van der Waals surface area (Å²) in [5.41, 5.74) is 0.811. The van der Waals surface area contributed by atoms with Crippen LogP contribution in [0.15, 0.2) is 53.4 Å². The van der Waals surface area contributed by atoms with Gasteiger partial charge in [-0.2, -0.15) is 18.4 Å². The Bertz CT molecular complexity index is 825. The first-order valence-corrected chi connectivity index (χ1v) is 9.67. The van der Waals surface area contributed by atoms with Gasteiger partial charge in [0.1, 0.15) is 6.54 Å². The van der Waals surface area contributed by atoms with E-state index >= 15 is 0 Å². The van der Waals surface area contributed by atoms with Crippen molar-refractivity contribution in [3.8, 4) is 17.2 Å². The van der Waals surface area contributed by atoms with Gasteiger partial charge in [0.25, 0.3) is 0 Å². The number of nitrogens with zero attached hydrogens (tertiary/aromatic N) is 1. The predicted octanol–water partition coefficient (Wildman–Crippen LogP) is 5.52. The highest BCUT2D eigenvalue weighted by atomic mass is 32.2. The average molecular weight is 406 g/mol. The van der Waals surface area contributed by atoms with Crippen LogP contribution in [0.3, 0.4) is 0 Å². The number of alkyl halides is 3. The molecule has 0 spiro atoms. The Morgan fingerprint density at radius 3 is 2.07 bits per heavy atom. The molecule has 28 heavy (non-hydrogen) atoms. The summed E-state index contributed by atoms with van der Waals surface area (Å²) in [6, 6.07) is 14.3. The maximum Gasteiger partial charge on any atom is 0.416 e. The first-order valence-electron chi connectivity index (χ1n) is 8.79. The van der Waals surface area contributed by atoms with Gasteiger partial charge in [-0.15, -0.1) is 11.8 Å². The highest BCUT2D eigenvalue weighted by Gasteiger charge is 2.30. The van der Waals surface area contributed by atoms with Crippen molar-refractivity contribution in [1.82, 2.24) is 5.32 Å². The van der Waals surface area contributed by atoms with Crippen molar-refractivity contribution in [3.05, 3.63) is 54.1 Å². The molecule has 2 aromatic rings.